The SMILES string of the molecule is O=C(O)C(F)(F)F.O=C(O)C(F)(F)F.O=C(c1cccnc1)N1CCC(F)(F)C2(CCN(c3ccccn3)C2)C1. The van der Waals surface area contributed by atoms with Crippen LogP contribution in [-0.4, -0.2) is 87.4 Å². The molecule has 2 saturated heterocycles. The number of piperidine rings is 1. The molecule has 17 heteroatoms. The van der Waals surface area contributed by atoms with Gasteiger partial charge in [-0.3, -0.25) is 9.78 Å². The van der Waals surface area contributed by atoms with Gasteiger partial charge in [0.05, 0.1) is 11.0 Å². The third kappa shape index (κ3) is 8.22. The Kier molecular flexibility index (Phi) is 9.99. The van der Waals surface area contributed by atoms with Gasteiger partial charge in [0.2, 0.25) is 0 Å². The van der Waals surface area contributed by atoms with Gasteiger partial charge in [0.25, 0.3) is 11.8 Å². The highest BCUT2D eigenvalue weighted by molar-refractivity contribution is 5.94. The molecule has 0 saturated carbocycles. The van der Waals surface area contributed by atoms with Crippen LogP contribution in [0.25, 0.3) is 0 Å². The number of carbonyl (C=O) groups excluding carboxylic acids is 1. The van der Waals surface area contributed by atoms with E-state index in [9.17, 15) is 39.9 Å². The Balaban J connectivity index is 0.000000333. The zero-order valence-corrected chi connectivity index (χ0v) is 20.3. The van der Waals surface area contributed by atoms with E-state index in [1.807, 2.05) is 17.0 Å². The van der Waals surface area contributed by atoms with Crippen molar-refractivity contribution in [2.75, 3.05) is 31.1 Å². The van der Waals surface area contributed by atoms with Gasteiger partial charge in [-0.05, 0) is 30.7 Å². The van der Waals surface area contributed by atoms with Gasteiger partial charge in [-0.25, -0.2) is 23.4 Å². The number of halogens is 8. The smallest absolute Gasteiger partial charge is 0.475 e. The quantitative estimate of drug-likeness (QED) is 0.504. The maximum Gasteiger partial charge on any atom is 0.490 e. The normalized spacial score (nSPS) is 20.1. The van der Waals surface area contributed by atoms with E-state index in [-0.39, 0.29) is 32.0 Å². The monoisotopic (exact) mass is 586 g/mol. The first-order valence-electron chi connectivity index (χ1n) is 11.2. The van der Waals surface area contributed by atoms with Gasteiger partial charge < -0.3 is 20.0 Å². The van der Waals surface area contributed by atoms with E-state index in [0.717, 1.165) is 0 Å². The van der Waals surface area contributed by atoms with Gasteiger partial charge in [-0.15, -0.1) is 0 Å². The van der Waals surface area contributed by atoms with Crippen molar-refractivity contribution in [1.29, 1.82) is 0 Å². The lowest BCUT2D eigenvalue weighted by Gasteiger charge is -2.45. The third-order valence-electron chi connectivity index (χ3n) is 5.97. The Labute approximate surface area is 221 Å². The molecule has 4 heterocycles. The molecule has 2 aliphatic rings. The summed E-state index contributed by atoms with van der Waals surface area (Å²) >= 11 is 0. The average molecular weight is 586 g/mol. The molecule has 1 atom stereocenters. The van der Waals surface area contributed by atoms with Gasteiger partial charge in [-0.2, -0.15) is 26.3 Å². The number of hydrogen-bond donors (Lipinski definition) is 2. The van der Waals surface area contributed by atoms with Crippen LogP contribution in [0.3, 0.4) is 0 Å². The fourth-order valence-corrected chi connectivity index (χ4v) is 3.98. The summed E-state index contributed by atoms with van der Waals surface area (Å²) in [6, 6.07) is 8.84. The van der Waals surface area contributed by atoms with E-state index in [0.29, 0.717) is 24.3 Å². The number of aromatic nitrogens is 2. The minimum atomic E-state index is -5.08. The van der Waals surface area contributed by atoms with Crippen LogP contribution in [0.4, 0.5) is 40.9 Å². The van der Waals surface area contributed by atoms with E-state index in [1.165, 1.54) is 6.20 Å². The predicted octanol–water partition coefficient (Wildman–Crippen LogP) is 4.12. The lowest BCUT2D eigenvalue weighted by Crippen LogP contribution is -2.58. The molecule has 0 aliphatic carbocycles. The fraction of sp³-hybridized carbons (Fsp3) is 0.435. The van der Waals surface area contributed by atoms with Gasteiger partial charge in [0.15, 0.2) is 0 Å². The Hall–Kier alpha value is -4.05. The van der Waals surface area contributed by atoms with E-state index in [2.05, 4.69) is 9.97 Å². The number of carbonyl (C=O) groups is 3. The summed E-state index contributed by atoms with van der Waals surface area (Å²) in [7, 11) is 0. The number of nitrogens with zero attached hydrogens (tertiary/aromatic N) is 4. The summed E-state index contributed by atoms with van der Waals surface area (Å²) in [5, 5.41) is 14.2. The Morgan fingerprint density at radius 2 is 1.43 bits per heavy atom. The molecular formula is C23H22F8N4O5. The van der Waals surface area contributed by atoms with Crippen LogP contribution in [-0.2, 0) is 9.59 Å². The molecule has 2 N–H and O–H groups in total. The molecule has 2 aromatic heterocycles. The van der Waals surface area contributed by atoms with Crippen molar-refractivity contribution in [2.24, 2.45) is 5.41 Å². The Bertz CT molecular complexity index is 1140. The fourth-order valence-electron chi connectivity index (χ4n) is 3.98. The van der Waals surface area contributed by atoms with Crippen molar-refractivity contribution in [1.82, 2.24) is 14.9 Å². The molecular weight excluding hydrogens is 564 g/mol. The molecule has 2 fully saturated rings. The highest BCUT2D eigenvalue weighted by Crippen LogP contribution is 2.50. The van der Waals surface area contributed by atoms with Crippen molar-refractivity contribution in [3.8, 4) is 0 Å². The van der Waals surface area contributed by atoms with Crippen LogP contribution in [0.15, 0.2) is 48.9 Å². The lowest BCUT2D eigenvalue weighted by atomic mass is 9.75. The largest absolute Gasteiger partial charge is 0.490 e. The topological polar surface area (TPSA) is 124 Å². The molecule has 4 rings (SSSR count). The molecule has 1 unspecified atom stereocenters. The zero-order chi connectivity index (χ0) is 30.4. The number of amides is 1. The summed E-state index contributed by atoms with van der Waals surface area (Å²) in [4.78, 5) is 42.2. The number of alkyl halides is 8. The molecule has 220 valence electrons. The van der Waals surface area contributed by atoms with E-state index >= 15 is 0 Å². The lowest BCUT2D eigenvalue weighted by molar-refractivity contribution is -0.193. The highest BCUT2D eigenvalue weighted by Gasteiger charge is 2.60. The first-order chi connectivity index (χ1) is 18.4. The number of carboxylic acid groups (broad SMARTS) is 2. The van der Waals surface area contributed by atoms with Gasteiger partial charge in [0, 0.05) is 51.2 Å². The number of anilines is 1. The van der Waals surface area contributed by atoms with E-state index in [4.69, 9.17) is 19.8 Å². The van der Waals surface area contributed by atoms with Crippen molar-refractivity contribution >= 4 is 23.7 Å². The minimum absolute atomic E-state index is 0.0526. The molecule has 9 nitrogen and oxygen atoms in total. The van der Waals surface area contributed by atoms with Gasteiger partial charge in [0.1, 0.15) is 5.82 Å². The third-order valence-corrected chi connectivity index (χ3v) is 5.97. The Morgan fingerprint density at radius 1 is 0.825 bits per heavy atom. The van der Waals surface area contributed by atoms with E-state index < -0.39 is 35.6 Å². The second kappa shape index (κ2) is 12.4. The molecule has 40 heavy (non-hydrogen) atoms. The average Bonchev–Trinajstić information content (AvgIpc) is 3.32. The van der Waals surface area contributed by atoms with Crippen LogP contribution in [0, 0.1) is 5.41 Å². The molecule has 1 spiro atoms. The molecule has 1 amide bonds. The standard InChI is InChI=1S/C19H20F2N4O.2C2HF3O2/c20-19(21)7-11-25(17(26)15-4-3-8-22-12-15)14-18(19)6-10-24(13-18)16-5-1-2-9-23-16;2*3-2(4,5)1(6)7/h1-5,8-9,12H,6-7,10-11,13-14H2;2*(H,6,7). The van der Waals surface area contributed by atoms with Crippen LogP contribution < -0.4 is 4.90 Å². The number of rotatable bonds is 2. The van der Waals surface area contributed by atoms with Gasteiger partial charge >= 0.3 is 24.3 Å². The maximum absolute atomic E-state index is 14.9. The number of likely N-dealkylation sites (tertiary alicyclic amines) is 1. The molecule has 0 radical (unpaired) electrons. The van der Waals surface area contributed by atoms with Crippen molar-refractivity contribution in [3.05, 3.63) is 54.5 Å². The summed E-state index contributed by atoms with van der Waals surface area (Å²) in [5.41, 5.74) is -0.798. The summed E-state index contributed by atoms with van der Waals surface area (Å²) in [5.74, 6) is -7.84. The molecule has 0 aromatic carbocycles. The number of aliphatic carboxylic acids is 2. The summed E-state index contributed by atoms with van der Waals surface area (Å²) in [6.45, 7) is 0.832. The molecule has 0 bridgehead atoms. The number of carboxylic acids is 2. The first kappa shape index (κ1) is 32.2. The van der Waals surface area contributed by atoms with Crippen LogP contribution in [0.1, 0.15) is 23.2 Å². The predicted molar refractivity (Wildman–Crippen MR) is 121 cm³/mol. The van der Waals surface area contributed by atoms with Crippen molar-refractivity contribution in [2.45, 2.75) is 31.1 Å². The van der Waals surface area contributed by atoms with Crippen LogP contribution in [0.2, 0.25) is 0 Å². The number of hydrogen-bond acceptors (Lipinski definition) is 6. The number of pyridine rings is 2. The maximum atomic E-state index is 14.9. The zero-order valence-electron chi connectivity index (χ0n) is 20.3. The second-order valence-corrected chi connectivity index (χ2v) is 8.67. The first-order valence-corrected chi connectivity index (χ1v) is 11.2. The molecule has 2 aliphatic heterocycles. The van der Waals surface area contributed by atoms with Crippen molar-refractivity contribution in [3.63, 3.8) is 0 Å². The minimum Gasteiger partial charge on any atom is -0.475 e. The molecule has 2 aromatic rings. The summed E-state index contributed by atoms with van der Waals surface area (Å²) < 4.78 is 93.3. The second-order valence-electron chi connectivity index (χ2n) is 8.67. The highest BCUT2D eigenvalue weighted by atomic mass is 19.4. The van der Waals surface area contributed by atoms with E-state index in [1.54, 1.807) is 35.5 Å². The Morgan fingerprint density at radius 3 is 1.90 bits per heavy atom. The van der Waals surface area contributed by atoms with Crippen LogP contribution >= 0.6 is 0 Å². The van der Waals surface area contributed by atoms with Crippen molar-refractivity contribution < 1.29 is 59.7 Å². The van der Waals surface area contributed by atoms with Gasteiger partial charge in [-0.1, -0.05) is 6.07 Å². The van der Waals surface area contributed by atoms with Crippen LogP contribution in [0.5, 0.6) is 0 Å². The summed E-state index contributed by atoms with van der Waals surface area (Å²) in [6.07, 6.45) is -5.40.